The van der Waals surface area contributed by atoms with Gasteiger partial charge in [0, 0.05) is 11.8 Å². The van der Waals surface area contributed by atoms with E-state index in [9.17, 15) is 19.5 Å². The first-order valence-electron chi connectivity index (χ1n) is 12.4. The third-order valence-corrected chi connectivity index (χ3v) is 7.85. The van der Waals surface area contributed by atoms with Crippen LogP contribution in [0.4, 0.5) is 4.79 Å². The van der Waals surface area contributed by atoms with Gasteiger partial charge in [-0.3, -0.25) is 9.59 Å². The van der Waals surface area contributed by atoms with Gasteiger partial charge in [-0.1, -0.05) is 39.3 Å². The second kappa shape index (κ2) is 9.88. The van der Waals surface area contributed by atoms with Gasteiger partial charge in [-0.25, -0.2) is 4.79 Å². The van der Waals surface area contributed by atoms with Crippen molar-refractivity contribution in [1.29, 1.82) is 0 Å². The largest absolute Gasteiger partial charge is 0.469 e. The molecule has 2 bridgehead atoms. The van der Waals surface area contributed by atoms with Crippen LogP contribution in [0.2, 0.25) is 0 Å². The topological polar surface area (TPSA) is 111 Å². The summed E-state index contributed by atoms with van der Waals surface area (Å²) in [5, 5.41) is 13.3. The SMILES string of the molecule is COC(=O)C1C(C(=O)O[C@H]2C[C@@H](C)CC[C@@H]2C(C)C)C2C=CC1C2(CO)NC(=O)OC(C)(C)C. The number of carbonyl (C=O) groups excluding carboxylic acids is 3. The summed E-state index contributed by atoms with van der Waals surface area (Å²) in [5.41, 5.74) is -1.99. The number of ether oxygens (including phenoxy) is 3. The summed E-state index contributed by atoms with van der Waals surface area (Å²) < 4.78 is 16.6. The third-order valence-electron chi connectivity index (χ3n) is 7.85. The Hall–Kier alpha value is -2.09. The van der Waals surface area contributed by atoms with Crippen LogP contribution in [-0.2, 0) is 23.8 Å². The Bertz CT molecular complexity index is 816. The highest BCUT2D eigenvalue weighted by Gasteiger charge is 2.67. The second-order valence-corrected chi connectivity index (χ2v) is 11.6. The number of hydrogen-bond acceptors (Lipinski definition) is 7. The van der Waals surface area contributed by atoms with E-state index in [1.54, 1.807) is 32.9 Å². The van der Waals surface area contributed by atoms with E-state index in [0.717, 1.165) is 19.3 Å². The first-order valence-corrected chi connectivity index (χ1v) is 12.4. The fraction of sp³-hybridized carbons (Fsp3) is 0.808. The highest BCUT2D eigenvalue weighted by atomic mass is 16.6. The highest BCUT2D eigenvalue weighted by molar-refractivity contribution is 5.86. The quantitative estimate of drug-likeness (QED) is 0.341. The Balaban J connectivity index is 1.89. The van der Waals surface area contributed by atoms with E-state index in [0.29, 0.717) is 11.8 Å². The van der Waals surface area contributed by atoms with Crippen molar-refractivity contribution in [3.8, 4) is 0 Å². The Morgan fingerprint density at radius 2 is 1.68 bits per heavy atom. The minimum atomic E-state index is -1.25. The van der Waals surface area contributed by atoms with Crippen LogP contribution < -0.4 is 5.32 Å². The van der Waals surface area contributed by atoms with E-state index in [-0.39, 0.29) is 12.0 Å². The molecule has 0 aromatic rings. The van der Waals surface area contributed by atoms with Gasteiger partial charge in [-0.2, -0.15) is 0 Å². The molecule has 0 aromatic heterocycles. The molecule has 0 radical (unpaired) electrons. The number of fused-ring (bicyclic) bond motifs is 2. The molecule has 34 heavy (non-hydrogen) atoms. The van der Waals surface area contributed by atoms with Gasteiger partial charge in [0.05, 0.1) is 31.1 Å². The van der Waals surface area contributed by atoms with Crippen LogP contribution in [-0.4, -0.2) is 54.1 Å². The van der Waals surface area contributed by atoms with Crippen LogP contribution in [0.1, 0.15) is 60.8 Å². The smallest absolute Gasteiger partial charge is 0.408 e. The molecular weight excluding hydrogens is 438 g/mol. The Morgan fingerprint density at radius 1 is 1.09 bits per heavy atom. The van der Waals surface area contributed by atoms with Crippen LogP contribution in [0.5, 0.6) is 0 Å². The zero-order chi connectivity index (χ0) is 25.4. The molecule has 3 aliphatic carbocycles. The molecule has 8 atom stereocenters. The van der Waals surface area contributed by atoms with Gasteiger partial charge in [0.2, 0.25) is 0 Å². The number of hydrogen-bond donors (Lipinski definition) is 2. The summed E-state index contributed by atoms with van der Waals surface area (Å²) in [6.07, 6.45) is 5.53. The zero-order valence-corrected chi connectivity index (χ0v) is 21.5. The molecular formula is C26H41NO7. The van der Waals surface area contributed by atoms with Crippen LogP contribution in [0.3, 0.4) is 0 Å². The van der Waals surface area contributed by atoms with Crippen LogP contribution in [0.15, 0.2) is 12.2 Å². The molecule has 0 aliphatic heterocycles. The summed E-state index contributed by atoms with van der Waals surface area (Å²) in [6.45, 7) is 11.2. The molecule has 2 fully saturated rings. The number of methoxy groups -OCH3 is 1. The lowest BCUT2D eigenvalue weighted by Gasteiger charge is -2.38. The summed E-state index contributed by atoms with van der Waals surface area (Å²) in [7, 11) is 1.28. The predicted molar refractivity (Wildman–Crippen MR) is 126 cm³/mol. The van der Waals surface area contributed by atoms with Crippen molar-refractivity contribution >= 4 is 18.0 Å². The van der Waals surface area contributed by atoms with Gasteiger partial charge in [0.1, 0.15) is 11.7 Å². The number of carbonyl (C=O) groups is 3. The maximum absolute atomic E-state index is 13.6. The second-order valence-electron chi connectivity index (χ2n) is 11.6. The van der Waals surface area contributed by atoms with E-state index < -0.39 is 59.5 Å². The van der Waals surface area contributed by atoms with Crippen molar-refractivity contribution in [2.45, 2.75) is 78.0 Å². The molecule has 0 saturated heterocycles. The molecule has 0 heterocycles. The van der Waals surface area contributed by atoms with E-state index in [1.807, 2.05) is 0 Å². The molecule has 3 aliphatic rings. The predicted octanol–water partition coefficient (Wildman–Crippen LogP) is 3.47. The maximum Gasteiger partial charge on any atom is 0.408 e. The molecule has 8 nitrogen and oxygen atoms in total. The first-order chi connectivity index (χ1) is 15.8. The van der Waals surface area contributed by atoms with Gasteiger partial charge >= 0.3 is 18.0 Å². The van der Waals surface area contributed by atoms with Crippen molar-refractivity contribution < 1.29 is 33.7 Å². The number of alkyl carbamates (subject to hydrolysis) is 1. The number of rotatable bonds is 6. The molecule has 2 saturated carbocycles. The molecule has 1 amide bonds. The zero-order valence-electron chi connectivity index (χ0n) is 21.5. The fourth-order valence-electron chi connectivity index (χ4n) is 6.24. The lowest BCUT2D eigenvalue weighted by Crippen LogP contribution is -2.57. The average molecular weight is 480 g/mol. The third kappa shape index (κ3) is 4.97. The van der Waals surface area contributed by atoms with E-state index in [2.05, 4.69) is 26.1 Å². The van der Waals surface area contributed by atoms with Crippen molar-refractivity contribution in [3.05, 3.63) is 12.2 Å². The number of aliphatic hydroxyl groups excluding tert-OH is 1. The summed E-state index contributed by atoms with van der Waals surface area (Å²) >= 11 is 0. The van der Waals surface area contributed by atoms with E-state index in [4.69, 9.17) is 14.2 Å². The lowest BCUT2D eigenvalue weighted by molar-refractivity contribution is -0.168. The van der Waals surface area contributed by atoms with Crippen molar-refractivity contribution in [3.63, 3.8) is 0 Å². The average Bonchev–Trinajstić information content (AvgIpc) is 3.21. The molecule has 192 valence electrons. The van der Waals surface area contributed by atoms with Crippen molar-refractivity contribution in [1.82, 2.24) is 5.32 Å². The fourth-order valence-corrected chi connectivity index (χ4v) is 6.24. The highest BCUT2D eigenvalue weighted by Crippen LogP contribution is 2.55. The van der Waals surface area contributed by atoms with Gasteiger partial charge < -0.3 is 24.6 Å². The van der Waals surface area contributed by atoms with Crippen LogP contribution >= 0.6 is 0 Å². The van der Waals surface area contributed by atoms with Gasteiger partial charge in [-0.15, -0.1) is 0 Å². The molecule has 2 N–H and O–H groups in total. The normalized spacial score (nSPS) is 36.9. The Kier molecular flexibility index (Phi) is 7.70. The summed E-state index contributed by atoms with van der Waals surface area (Å²) in [5.74, 6) is -2.92. The van der Waals surface area contributed by atoms with Gasteiger partial charge in [0.15, 0.2) is 0 Å². The van der Waals surface area contributed by atoms with Crippen molar-refractivity contribution in [2.24, 2.45) is 41.4 Å². The van der Waals surface area contributed by atoms with Crippen molar-refractivity contribution in [2.75, 3.05) is 13.7 Å². The Morgan fingerprint density at radius 3 is 2.18 bits per heavy atom. The minimum Gasteiger partial charge on any atom is -0.469 e. The lowest BCUT2D eigenvalue weighted by atomic mass is 9.75. The molecule has 0 aromatic carbocycles. The van der Waals surface area contributed by atoms with Crippen LogP contribution in [0.25, 0.3) is 0 Å². The summed E-state index contributed by atoms with van der Waals surface area (Å²) in [4.78, 5) is 39.2. The molecule has 3 rings (SSSR count). The first kappa shape index (κ1) is 26.5. The van der Waals surface area contributed by atoms with E-state index >= 15 is 0 Å². The molecule has 0 spiro atoms. The standard InChI is InChI=1S/C26H41NO7/c1-14(2)16-9-8-15(3)12-19(16)33-23(30)21-18-11-10-17(20(21)22(29)32-7)26(18,13-28)27-24(31)34-25(4,5)6/h10-11,14-21,28H,8-9,12-13H2,1-7H3,(H,27,31)/t15-,16+,17?,18?,19-,20?,21?,26?/m0/s1. The molecule has 8 heteroatoms. The van der Waals surface area contributed by atoms with Crippen LogP contribution in [0, 0.1) is 41.4 Å². The number of aliphatic hydroxyl groups is 1. The minimum absolute atomic E-state index is 0.222. The van der Waals surface area contributed by atoms with Gasteiger partial charge in [-0.05, 0) is 51.4 Å². The number of amides is 1. The number of esters is 2. The van der Waals surface area contributed by atoms with Gasteiger partial charge in [0.25, 0.3) is 0 Å². The monoisotopic (exact) mass is 479 g/mol. The summed E-state index contributed by atoms with van der Waals surface area (Å²) in [6, 6.07) is 0. The molecule has 5 unspecified atom stereocenters. The van der Waals surface area contributed by atoms with E-state index in [1.165, 1.54) is 7.11 Å². The maximum atomic E-state index is 13.6. The number of nitrogens with one attached hydrogen (secondary N) is 1. The Labute approximate surface area is 202 Å².